The highest BCUT2D eigenvalue weighted by molar-refractivity contribution is 5.94. The van der Waals surface area contributed by atoms with Crippen LogP contribution in [-0.2, 0) is 6.18 Å². The molecule has 6 nitrogen and oxygen atoms in total. The van der Waals surface area contributed by atoms with Crippen molar-refractivity contribution in [1.29, 1.82) is 0 Å². The Labute approximate surface area is 179 Å². The number of piperidine rings is 1. The van der Waals surface area contributed by atoms with Crippen molar-refractivity contribution in [2.75, 3.05) is 42.5 Å². The van der Waals surface area contributed by atoms with Gasteiger partial charge >= 0.3 is 6.18 Å². The first kappa shape index (κ1) is 21.4. The number of halogens is 3. The quantitative estimate of drug-likeness (QED) is 0.736. The summed E-state index contributed by atoms with van der Waals surface area (Å²) in [6.07, 6.45) is -0.824. The van der Waals surface area contributed by atoms with Crippen molar-refractivity contribution in [1.82, 2.24) is 15.1 Å². The van der Waals surface area contributed by atoms with Crippen LogP contribution >= 0.6 is 0 Å². The van der Waals surface area contributed by atoms with Crippen LogP contribution in [-0.4, -0.2) is 59.8 Å². The first-order chi connectivity index (χ1) is 14.8. The van der Waals surface area contributed by atoms with Gasteiger partial charge in [0.2, 0.25) is 0 Å². The fourth-order valence-corrected chi connectivity index (χ4v) is 4.20. The minimum absolute atomic E-state index is 0.256. The van der Waals surface area contributed by atoms with Gasteiger partial charge in [0.25, 0.3) is 5.91 Å². The van der Waals surface area contributed by atoms with E-state index in [0.29, 0.717) is 32.2 Å². The summed E-state index contributed by atoms with van der Waals surface area (Å²) in [5, 5.41) is 8.82. The Morgan fingerprint density at radius 1 is 0.903 bits per heavy atom. The Kier molecular flexibility index (Phi) is 6.02. The highest BCUT2D eigenvalue weighted by Gasteiger charge is 2.31. The van der Waals surface area contributed by atoms with Gasteiger partial charge in [0.15, 0.2) is 11.6 Å². The second kappa shape index (κ2) is 8.72. The molecule has 1 atom stereocenters. The van der Waals surface area contributed by atoms with Crippen LogP contribution in [0.2, 0.25) is 0 Å². The molecule has 1 aromatic carbocycles. The Hall–Kier alpha value is -2.84. The maximum absolute atomic E-state index is 12.7. The molecule has 3 heterocycles. The third-order valence-corrected chi connectivity index (χ3v) is 6.08. The van der Waals surface area contributed by atoms with E-state index in [1.807, 2.05) is 12.1 Å². The Morgan fingerprint density at radius 3 is 2.13 bits per heavy atom. The third-order valence-electron chi connectivity index (χ3n) is 6.08. The summed E-state index contributed by atoms with van der Waals surface area (Å²) in [6, 6.07) is 8.81. The maximum Gasteiger partial charge on any atom is 0.416 e. The lowest BCUT2D eigenvalue weighted by Gasteiger charge is -2.36. The molecule has 31 heavy (non-hydrogen) atoms. The van der Waals surface area contributed by atoms with Crippen LogP contribution in [0.25, 0.3) is 0 Å². The highest BCUT2D eigenvalue weighted by Crippen LogP contribution is 2.29. The van der Waals surface area contributed by atoms with E-state index in [9.17, 15) is 18.0 Å². The molecule has 166 valence electrons. The van der Waals surface area contributed by atoms with Crippen molar-refractivity contribution < 1.29 is 18.0 Å². The smallest absolute Gasteiger partial charge is 0.352 e. The molecule has 4 rings (SSSR count). The van der Waals surface area contributed by atoms with Crippen molar-refractivity contribution in [3.63, 3.8) is 0 Å². The molecule has 1 aromatic heterocycles. The standard InChI is InChI=1S/C22H26F3N5O/c1-16-4-2-3-11-30(16)20-10-9-19(26-27-20)28-12-14-29(15-13-28)21(31)17-5-7-18(8-6-17)22(23,24)25/h5-10,16H,2-4,11-15H2,1H3. The summed E-state index contributed by atoms with van der Waals surface area (Å²) >= 11 is 0. The zero-order valence-electron chi connectivity index (χ0n) is 17.5. The van der Waals surface area contributed by atoms with Gasteiger partial charge in [-0.25, -0.2) is 0 Å². The van der Waals surface area contributed by atoms with E-state index in [1.54, 1.807) is 4.90 Å². The fraction of sp³-hybridized carbons (Fsp3) is 0.500. The summed E-state index contributed by atoms with van der Waals surface area (Å²) in [6.45, 7) is 5.36. The summed E-state index contributed by atoms with van der Waals surface area (Å²) in [7, 11) is 0. The number of alkyl halides is 3. The average Bonchev–Trinajstić information content (AvgIpc) is 2.79. The lowest BCUT2D eigenvalue weighted by atomic mass is 10.0. The lowest BCUT2D eigenvalue weighted by molar-refractivity contribution is -0.137. The van der Waals surface area contributed by atoms with Gasteiger partial charge in [0.1, 0.15) is 0 Å². The molecule has 0 spiro atoms. The van der Waals surface area contributed by atoms with Gasteiger partial charge in [-0.1, -0.05) is 0 Å². The van der Waals surface area contributed by atoms with E-state index in [1.165, 1.54) is 31.4 Å². The highest BCUT2D eigenvalue weighted by atomic mass is 19.4. The van der Waals surface area contributed by atoms with Gasteiger partial charge in [-0.2, -0.15) is 13.2 Å². The van der Waals surface area contributed by atoms with Gasteiger partial charge < -0.3 is 14.7 Å². The number of hydrogen-bond donors (Lipinski definition) is 0. The number of carbonyl (C=O) groups excluding carboxylic acids is 1. The number of aromatic nitrogens is 2. The monoisotopic (exact) mass is 433 g/mol. The minimum atomic E-state index is -4.41. The predicted octanol–water partition coefficient (Wildman–Crippen LogP) is 3.84. The van der Waals surface area contributed by atoms with E-state index >= 15 is 0 Å². The third kappa shape index (κ3) is 4.75. The molecule has 9 heteroatoms. The number of carbonyl (C=O) groups is 1. The molecule has 2 fully saturated rings. The Balaban J connectivity index is 1.34. The Bertz CT molecular complexity index is 893. The zero-order valence-corrected chi connectivity index (χ0v) is 17.5. The van der Waals surface area contributed by atoms with Crippen LogP contribution in [0.15, 0.2) is 36.4 Å². The molecule has 1 amide bonds. The molecule has 0 radical (unpaired) electrons. The van der Waals surface area contributed by atoms with Crippen molar-refractivity contribution >= 4 is 17.5 Å². The number of benzene rings is 1. The Morgan fingerprint density at radius 2 is 1.55 bits per heavy atom. The molecule has 2 saturated heterocycles. The van der Waals surface area contributed by atoms with Crippen molar-refractivity contribution in [2.24, 2.45) is 0 Å². The minimum Gasteiger partial charge on any atom is -0.352 e. The molecule has 0 bridgehead atoms. The number of hydrogen-bond acceptors (Lipinski definition) is 5. The summed E-state index contributed by atoms with van der Waals surface area (Å²) < 4.78 is 38.1. The molecule has 0 N–H and O–H groups in total. The van der Waals surface area contributed by atoms with Crippen LogP contribution in [0.1, 0.15) is 42.1 Å². The topological polar surface area (TPSA) is 52.6 Å². The van der Waals surface area contributed by atoms with E-state index in [4.69, 9.17) is 0 Å². The van der Waals surface area contributed by atoms with Gasteiger partial charge in [-0.3, -0.25) is 4.79 Å². The normalized spacial score (nSPS) is 20.1. The number of amides is 1. The van der Waals surface area contributed by atoms with Crippen LogP contribution in [0.3, 0.4) is 0 Å². The summed E-state index contributed by atoms with van der Waals surface area (Å²) in [5.41, 5.74) is -0.490. The van der Waals surface area contributed by atoms with Gasteiger partial charge in [0.05, 0.1) is 5.56 Å². The molecule has 1 unspecified atom stereocenters. The lowest BCUT2D eigenvalue weighted by Crippen LogP contribution is -2.49. The number of piperazine rings is 1. The maximum atomic E-state index is 12.7. The van der Waals surface area contributed by atoms with Gasteiger partial charge in [-0.15, -0.1) is 10.2 Å². The molecule has 0 saturated carbocycles. The molecule has 2 aromatic rings. The van der Waals surface area contributed by atoms with Gasteiger partial charge in [-0.05, 0) is 62.6 Å². The van der Waals surface area contributed by atoms with E-state index in [-0.39, 0.29) is 11.5 Å². The second-order valence-corrected chi connectivity index (χ2v) is 8.14. The predicted molar refractivity (Wildman–Crippen MR) is 112 cm³/mol. The number of rotatable bonds is 3. The number of nitrogens with zero attached hydrogens (tertiary/aromatic N) is 5. The largest absolute Gasteiger partial charge is 0.416 e. The first-order valence-electron chi connectivity index (χ1n) is 10.6. The second-order valence-electron chi connectivity index (χ2n) is 8.14. The first-order valence-corrected chi connectivity index (χ1v) is 10.6. The fourth-order valence-electron chi connectivity index (χ4n) is 4.20. The summed E-state index contributed by atoms with van der Waals surface area (Å²) in [4.78, 5) is 18.7. The SMILES string of the molecule is CC1CCCCN1c1ccc(N2CCN(C(=O)c3ccc(C(F)(F)F)cc3)CC2)nn1. The van der Waals surface area contributed by atoms with E-state index in [0.717, 1.165) is 30.3 Å². The molecule has 2 aliphatic rings. The van der Waals surface area contributed by atoms with Crippen LogP contribution < -0.4 is 9.80 Å². The molecule has 2 aliphatic heterocycles. The van der Waals surface area contributed by atoms with E-state index in [2.05, 4.69) is 26.9 Å². The molecular formula is C22H26F3N5O. The van der Waals surface area contributed by atoms with Crippen molar-refractivity contribution in [3.8, 4) is 0 Å². The van der Waals surface area contributed by atoms with Gasteiger partial charge in [0, 0.05) is 44.3 Å². The molecule has 0 aliphatic carbocycles. The van der Waals surface area contributed by atoms with Crippen LogP contribution in [0, 0.1) is 0 Å². The zero-order chi connectivity index (χ0) is 22.0. The van der Waals surface area contributed by atoms with E-state index < -0.39 is 11.7 Å². The van der Waals surface area contributed by atoms with Crippen LogP contribution in [0.5, 0.6) is 0 Å². The molecular weight excluding hydrogens is 407 g/mol. The van der Waals surface area contributed by atoms with Crippen molar-refractivity contribution in [3.05, 3.63) is 47.5 Å². The van der Waals surface area contributed by atoms with Crippen LogP contribution in [0.4, 0.5) is 24.8 Å². The van der Waals surface area contributed by atoms with Crippen molar-refractivity contribution in [2.45, 2.75) is 38.4 Å². The summed E-state index contributed by atoms with van der Waals surface area (Å²) in [5.74, 6) is 1.41. The average molecular weight is 433 g/mol. The number of anilines is 2.